The molecule has 91 valence electrons. The third-order valence-corrected chi connectivity index (χ3v) is 2.21. The van der Waals surface area contributed by atoms with Gasteiger partial charge < -0.3 is 16.2 Å². The van der Waals surface area contributed by atoms with Crippen molar-refractivity contribution in [1.29, 1.82) is 0 Å². The molecule has 1 aromatic heterocycles. The van der Waals surface area contributed by atoms with E-state index in [1.807, 2.05) is 12.1 Å². The fourth-order valence-corrected chi connectivity index (χ4v) is 1.34. The number of nitrogen functional groups attached to an aromatic ring is 2. The van der Waals surface area contributed by atoms with Gasteiger partial charge in [0.25, 0.3) is 0 Å². The van der Waals surface area contributed by atoms with E-state index in [0.717, 1.165) is 0 Å². The second kappa shape index (κ2) is 5.13. The van der Waals surface area contributed by atoms with Gasteiger partial charge in [-0.3, -0.25) is 0 Å². The molecule has 1 radical (unpaired) electrons. The van der Waals surface area contributed by atoms with Crippen LogP contribution in [0.15, 0.2) is 46.6 Å². The zero-order valence-electron chi connectivity index (χ0n) is 9.58. The summed E-state index contributed by atoms with van der Waals surface area (Å²) in [5.74, 6) is 1.10. The highest BCUT2D eigenvalue weighted by atomic mass is 16.5. The van der Waals surface area contributed by atoms with Gasteiger partial charge in [-0.1, -0.05) is 12.1 Å². The molecule has 0 aliphatic carbocycles. The first kappa shape index (κ1) is 11.8. The van der Waals surface area contributed by atoms with Crippen LogP contribution < -0.4 is 16.2 Å². The Morgan fingerprint density at radius 1 is 1.00 bits per heavy atom. The molecule has 0 amide bonds. The minimum absolute atomic E-state index is 0.228. The lowest BCUT2D eigenvalue weighted by Crippen LogP contribution is -1.95. The molecule has 0 unspecified atom stereocenters. The molecule has 6 heteroatoms. The number of hydrogen-bond acceptors (Lipinski definition) is 6. The van der Waals surface area contributed by atoms with Crippen molar-refractivity contribution in [3.05, 3.63) is 43.5 Å². The van der Waals surface area contributed by atoms with E-state index >= 15 is 0 Å². The van der Waals surface area contributed by atoms with Crippen molar-refractivity contribution in [3.8, 4) is 5.75 Å². The Bertz CT molecular complexity index is 582. The van der Waals surface area contributed by atoms with E-state index in [1.54, 1.807) is 24.3 Å². The van der Waals surface area contributed by atoms with Crippen LogP contribution in [0.3, 0.4) is 0 Å². The number of ether oxygens (including phenoxy) is 1. The van der Waals surface area contributed by atoms with Gasteiger partial charge in [-0.25, -0.2) is 4.98 Å². The number of hydrogen-bond donors (Lipinski definition) is 2. The molecule has 0 spiro atoms. The van der Waals surface area contributed by atoms with Crippen molar-refractivity contribution >= 4 is 23.0 Å². The maximum absolute atomic E-state index is 5.67. The number of nitrogens with zero attached hydrogens (tertiary/aromatic N) is 3. The van der Waals surface area contributed by atoms with E-state index in [1.165, 1.54) is 0 Å². The van der Waals surface area contributed by atoms with E-state index in [-0.39, 0.29) is 5.82 Å². The standard InChI is InChI=1S/C12H12N5O/c1-18-10-5-3-2-4-8(10)16-17-9-6-7-11(13)15-12(9)14/h2-7H,1H2,(H4,13,14,15). The molecule has 0 atom stereocenters. The van der Waals surface area contributed by atoms with Crippen molar-refractivity contribution < 1.29 is 4.74 Å². The molecule has 2 rings (SSSR count). The summed E-state index contributed by atoms with van der Waals surface area (Å²) in [7, 11) is 3.35. The predicted octanol–water partition coefficient (Wildman–Crippen LogP) is 2.83. The van der Waals surface area contributed by atoms with Crippen LogP contribution in [0.2, 0.25) is 0 Å². The highest BCUT2D eigenvalue weighted by Crippen LogP contribution is 2.29. The lowest BCUT2D eigenvalue weighted by Gasteiger charge is -2.02. The van der Waals surface area contributed by atoms with Gasteiger partial charge in [-0.2, -0.15) is 0 Å². The van der Waals surface area contributed by atoms with Gasteiger partial charge in [-0.15, -0.1) is 10.2 Å². The first-order valence-electron chi connectivity index (χ1n) is 5.15. The Kier molecular flexibility index (Phi) is 3.38. The van der Waals surface area contributed by atoms with E-state index < -0.39 is 0 Å². The summed E-state index contributed by atoms with van der Waals surface area (Å²) in [6, 6.07) is 10.4. The summed E-state index contributed by atoms with van der Waals surface area (Å²) in [5.41, 5.74) is 12.2. The molecule has 2 aromatic rings. The van der Waals surface area contributed by atoms with Gasteiger partial charge in [0.15, 0.2) is 5.82 Å². The Labute approximate surface area is 104 Å². The van der Waals surface area contributed by atoms with Gasteiger partial charge in [0.2, 0.25) is 0 Å². The van der Waals surface area contributed by atoms with Crippen LogP contribution in [-0.2, 0) is 0 Å². The van der Waals surface area contributed by atoms with Gasteiger partial charge in [0.05, 0.1) is 0 Å². The summed E-state index contributed by atoms with van der Waals surface area (Å²) < 4.78 is 4.91. The molecule has 1 aromatic carbocycles. The summed E-state index contributed by atoms with van der Waals surface area (Å²) in [5, 5.41) is 8.04. The Morgan fingerprint density at radius 3 is 2.44 bits per heavy atom. The highest BCUT2D eigenvalue weighted by molar-refractivity contribution is 5.60. The zero-order valence-corrected chi connectivity index (χ0v) is 9.58. The molecule has 0 fully saturated rings. The second-order valence-corrected chi connectivity index (χ2v) is 3.45. The van der Waals surface area contributed by atoms with Crippen molar-refractivity contribution in [1.82, 2.24) is 4.98 Å². The number of para-hydroxylation sites is 1. The molecule has 1 heterocycles. The maximum Gasteiger partial charge on any atom is 0.153 e. The smallest absolute Gasteiger partial charge is 0.153 e. The molecule has 18 heavy (non-hydrogen) atoms. The number of nitrogens with two attached hydrogens (primary N) is 2. The topological polar surface area (TPSA) is 98.9 Å². The molecule has 4 N–H and O–H groups in total. The van der Waals surface area contributed by atoms with Gasteiger partial charge in [-0.05, 0) is 24.3 Å². The van der Waals surface area contributed by atoms with Crippen LogP contribution in [0.1, 0.15) is 0 Å². The van der Waals surface area contributed by atoms with Gasteiger partial charge in [0.1, 0.15) is 30.1 Å². The molecule has 6 nitrogen and oxygen atoms in total. The van der Waals surface area contributed by atoms with Gasteiger partial charge >= 0.3 is 0 Å². The van der Waals surface area contributed by atoms with Crippen LogP contribution in [0, 0.1) is 7.11 Å². The van der Waals surface area contributed by atoms with E-state index in [2.05, 4.69) is 22.3 Å². The average molecular weight is 242 g/mol. The lowest BCUT2D eigenvalue weighted by atomic mass is 10.3. The Morgan fingerprint density at radius 2 is 1.72 bits per heavy atom. The second-order valence-electron chi connectivity index (χ2n) is 3.45. The third kappa shape index (κ3) is 2.54. The number of pyridine rings is 1. The minimum atomic E-state index is 0.228. The van der Waals surface area contributed by atoms with Crippen LogP contribution in [0.4, 0.5) is 23.0 Å². The van der Waals surface area contributed by atoms with Crippen LogP contribution in [0.5, 0.6) is 5.75 Å². The third-order valence-electron chi connectivity index (χ3n) is 2.21. The Hall–Kier alpha value is -2.63. The summed E-state index contributed by atoms with van der Waals surface area (Å²) in [4.78, 5) is 3.89. The first-order chi connectivity index (χ1) is 8.70. The monoisotopic (exact) mass is 242 g/mol. The number of anilines is 2. The quantitative estimate of drug-likeness (QED) is 0.808. The Balaban J connectivity index is 2.30. The highest BCUT2D eigenvalue weighted by Gasteiger charge is 2.02. The number of azo groups is 1. The fourth-order valence-electron chi connectivity index (χ4n) is 1.34. The number of benzene rings is 1. The van der Waals surface area contributed by atoms with Crippen LogP contribution in [-0.4, -0.2) is 4.98 Å². The fraction of sp³-hybridized carbons (Fsp3) is 0. The van der Waals surface area contributed by atoms with E-state index in [9.17, 15) is 0 Å². The summed E-state index contributed by atoms with van der Waals surface area (Å²) in [6.45, 7) is 0. The average Bonchev–Trinajstić information content (AvgIpc) is 2.38. The summed E-state index contributed by atoms with van der Waals surface area (Å²) >= 11 is 0. The molecule has 0 saturated carbocycles. The van der Waals surface area contributed by atoms with Crippen molar-refractivity contribution in [2.75, 3.05) is 11.5 Å². The van der Waals surface area contributed by atoms with E-state index in [0.29, 0.717) is 22.9 Å². The van der Waals surface area contributed by atoms with Crippen LogP contribution >= 0.6 is 0 Å². The molecular formula is C12H12N5O. The lowest BCUT2D eigenvalue weighted by molar-refractivity contribution is 0.474. The largest absolute Gasteiger partial charge is 0.488 e. The maximum atomic E-state index is 5.67. The minimum Gasteiger partial charge on any atom is -0.488 e. The normalized spacial score (nSPS) is 10.7. The molecule has 0 aliphatic rings. The van der Waals surface area contributed by atoms with E-state index in [4.69, 9.17) is 16.2 Å². The SMILES string of the molecule is [CH2]Oc1ccccc1N=Nc1ccc(N)nc1N. The summed E-state index contributed by atoms with van der Waals surface area (Å²) in [6.07, 6.45) is 0. The molecular weight excluding hydrogens is 230 g/mol. The van der Waals surface area contributed by atoms with Crippen molar-refractivity contribution in [3.63, 3.8) is 0 Å². The molecule has 0 bridgehead atoms. The zero-order chi connectivity index (χ0) is 13.0. The van der Waals surface area contributed by atoms with Gasteiger partial charge in [0, 0.05) is 0 Å². The van der Waals surface area contributed by atoms with Crippen molar-refractivity contribution in [2.45, 2.75) is 0 Å². The number of rotatable bonds is 3. The molecule has 0 aliphatic heterocycles. The molecule has 0 saturated heterocycles. The first-order valence-corrected chi connectivity index (χ1v) is 5.15. The predicted molar refractivity (Wildman–Crippen MR) is 69.7 cm³/mol. The van der Waals surface area contributed by atoms with Crippen LogP contribution in [0.25, 0.3) is 0 Å². The van der Waals surface area contributed by atoms with Crippen molar-refractivity contribution in [2.24, 2.45) is 10.2 Å². The number of aromatic nitrogens is 1.